The lowest BCUT2D eigenvalue weighted by molar-refractivity contribution is 0.443. The van der Waals surface area contributed by atoms with Gasteiger partial charge in [0, 0.05) is 0 Å². The molecule has 196 valence electrons. The number of hydrogen-bond donors (Lipinski definition) is 2. The Kier molecular flexibility index (Phi) is 7.07. The molecule has 0 radical (unpaired) electrons. The van der Waals surface area contributed by atoms with Gasteiger partial charge in [0.2, 0.25) is 11.8 Å². The molecule has 3 N–H and O–H groups in total. The molecule has 2 aromatic heterocycles. The molecular weight excluding hydrogens is 553 g/mol. The van der Waals surface area contributed by atoms with E-state index >= 15 is 0 Å². The minimum atomic E-state index is -4.03. The molecular formula is C24H20FN5O5S3. The molecule has 1 unspecified atom stereocenters. The van der Waals surface area contributed by atoms with E-state index in [1.807, 2.05) is 16.9 Å². The summed E-state index contributed by atoms with van der Waals surface area (Å²) in [6.45, 7) is -0.405. The maximum absolute atomic E-state index is 13.7. The zero-order chi connectivity index (χ0) is 26.9. The highest BCUT2D eigenvalue weighted by Gasteiger charge is 2.37. The van der Waals surface area contributed by atoms with Crippen LogP contribution in [0, 0.1) is 5.82 Å². The van der Waals surface area contributed by atoms with Gasteiger partial charge < -0.3 is 4.42 Å². The summed E-state index contributed by atoms with van der Waals surface area (Å²) in [6, 6.07) is 20.1. The average Bonchev–Trinajstić information content (AvgIpc) is 3.49. The van der Waals surface area contributed by atoms with E-state index in [4.69, 9.17) is 9.56 Å². The molecule has 0 aliphatic rings. The quantitative estimate of drug-likeness (QED) is 0.271. The molecule has 5 rings (SSSR count). The van der Waals surface area contributed by atoms with Crippen molar-refractivity contribution >= 4 is 41.6 Å². The number of benzene rings is 3. The molecule has 3 aromatic carbocycles. The van der Waals surface area contributed by atoms with E-state index in [9.17, 15) is 21.2 Å². The first-order chi connectivity index (χ1) is 18.1. The molecule has 0 amide bonds. The van der Waals surface area contributed by atoms with E-state index in [2.05, 4.69) is 15.2 Å². The van der Waals surface area contributed by atoms with Crippen molar-refractivity contribution in [3.63, 3.8) is 0 Å². The molecule has 0 saturated carbocycles. The number of nitrogens with zero attached hydrogens (tertiary/aromatic N) is 3. The Balaban J connectivity index is 1.56. The lowest BCUT2D eigenvalue weighted by Crippen LogP contribution is -2.30. The van der Waals surface area contributed by atoms with Gasteiger partial charge in [-0.3, -0.25) is 0 Å². The van der Waals surface area contributed by atoms with E-state index in [1.54, 1.807) is 48.5 Å². The summed E-state index contributed by atoms with van der Waals surface area (Å²) in [5, 5.41) is 11.4. The first kappa shape index (κ1) is 26.1. The Morgan fingerprint density at radius 1 is 0.947 bits per heavy atom. The number of aromatic nitrogens is 3. The predicted octanol–water partition coefficient (Wildman–Crippen LogP) is 3.48. The number of hydrogen-bond acceptors (Lipinski definition) is 9. The normalized spacial score (nSPS) is 13.1. The molecule has 2 heterocycles. The fourth-order valence-corrected chi connectivity index (χ4v) is 7.26. The number of thiazole rings is 1. The maximum atomic E-state index is 13.7. The van der Waals surface area contributed by atoms with Crippen LogP contribution in [0.3, 0.4) is 0 Å². The Bertz CT molecular complexity index is 1810. The number of sulfone groups is 1. The van der Waals surface area contributed by atoms with Gasteiger partial charge in [0.05, 0.1) is 22.5 Å². The first-order valence-electron chi connectivity index (χ1n) is 11.1. The smallest absolute Gasteiger partial charge is 0.274 e. The first-order valence-corrected chi connectivity index (χ1v) is 15.2. The van der Waals surface area contributed by atoms with Gasteiger partial charge in [0.1, 0.15) is 10.8 Å². The monoisotopic (exact) mass is 573 g/mol. The van der Waals surface area contributed by atoms with Gasteiger partial charge in [-0.1, -0.05) is 48.5 Å². The molecule has 1 atom stereocenters. The van der Waals surface area contributed by atoms with Crippen molar-refractivity contribution in [1.82, 2.24) is 19.9 Å². The van der Waals surface area contributed by atoms with Crippen molar-refractivity contribution in [2.24, 2.45) is 5.14 Å². The van der Waals surface area contributed by atoms with Crippen molar-refractivity contribution in [2.45, 2.75) is 17.5 Å². The Hall–Kier alpha value is -3.56. The second-order valence-electron chi connectivity index (χ2n) is 8.31. The highest BCUT2D eigenvalue weighted by atomic mass is 32.2. The lowest BCUT2D eigenvalue weighted by atomic mass is 10.1. The van der Waals surface area contributed by atoms with Crippen LogP contribution in [0.1, 0.15) is 27.6 Å². The summed E-state index contributed by atoms with van der Waals surface area (Å²) in [5.74, 6) is -1.07. The number of halogens is 1. The molecule has 0 aliphatic heterocycles. The van der Waals surface area contributed by atoms with Crippen LogP contribution in [-0.2, 0) is 32.3 Å². The molecule has 0 aliphatic carbocycles. The van der Waals surface area contributed by atoms with Crippen LogP contribution in [0.4, 0.5) is 4.39 Å². The van der Waals surface area contributed by atoms with E-state index in [0.29, 0.717) is 15.8 Å². The number of nitrogens with two attached hydrogens (primary N) is 1. The zero-order valence-electron chi connectivity index (χ0n) is 19.5. The summed E-state index contributed by atoms with van der Waals surface area (Å²) in [7, 11) is -8.01. The topological polar surface area (TPSA) is 158 Å². The van der Waals surface area contributed by atoms with E-state index < -0.39 is 31.8 Å². The van der Waals surface area contributed by atoms with Crippen LogP contribution < -0.4 is 9.86 Å². The van der Waals surface area contributed by atoms with Gasteiger partial charge in [-0.25, -0.2) is 22.9 Å². The number of rotatable bonds is 9. The summed E-state index contributed by atoms with van der Waals surface area (Å²) < 4.78 is 71.5. The third-order valence-electron chi connectivity index (χ3n) is 5.51. The molecule has 0 spiro atoms. The number of nitrogens with one attached hydrogen (secondary N) is 1. The molecule has 0 fully saturated rings. The van der Waals surface area contributed by atoms with E-state index in [-0.39, 0.29) is 28.4 Å². The van der Waals surface area contributed by atoms with Gasteiger partial charge in [0.25, 0.3) is 10.2 Å². The van der Waals surface area contributed by atoms with Crippen molar-refractivity contribution in [1.29, 1.82) is 0 Å². The van der Waals surface area contributed by atoms with Gasteiger partial charge >= 0.3 is 0 Å². The minimum Gasteiger partial charge on any atom is -0.422 e. The Labute approximate surface area is 221 Å². The SMILES string of the molecule is NS(=O)(=O)NCc1nnc(C(c2nc3ccc(-c4ccc(F)cc4)cc3s2)S(=O)(=O)Cc2ccccc2)o1. The summed E-state index contributed by atoms with van der Waals surface area (Å²) in [5.41, 5.74) is 2.73. The largest absolute Gasteiger partial charge is 0.422 e. The fraction of sp³-hybridized carbons (Fsp3) is 0.125. The van der Waals surface area contributed by atoms with Crippen molar-refractivity contribution in [2.75, 3.05) is 0 Å². The molecule has 5 aromatic rings. The van der Waals surface area contributed by atoms with Crippen molar-refractivity contribution in [3.8, 4) is 11.1 Å². The molecule has 38 heavy (non-hydrogen) atoms. The molecule has 0 saturated heterocycles. The average molecular weight is 574 g/mol. The second-order valence-corrected chi connectivity index (χ2v) is 12.8. The summed E-state index contributed by atoms with van der Waals surface area (Å²) in [6.07, 6.45) is 0. The third-order valence-corrected chi connectivity index (χ3v) is 9.17. The van der Waals surface area contributed by atoms with Crippen LogP contribution in [0.5, 0.6) is 0 Å². The van der Waals surface area contributed by atoms with E-state index in [1.165, 1.54) is 12.1 Å². The summed E-state index contributed by atoms with van der Waals surface area (Å²) >= 11 is 1.15. The van der Waals surface area contributed by atoms with Gasteiger partial charge in [0.15, 0.2) is 15.1 Å². The molecule has 14 heteroatoms. The number of fused-ring (bicyclic) bond motifs is 1. The maximum Gasteiger partial charge on any atom is 0.274 e. The van der Waals surface area contributed by atoms with Crippen LogP contribution in [-0.4, -0.2) is 32.0 Å². The predicted molar refractivity (Wildman–Crippen MR) is 140 cm³/mol. The van der Waals surface area contributed by atoms with Crippen LogP contribution in [0.2, 0.25) is 0 Å². The van der Waals surface area contributed by atoms with Gasteiger partial charge in [-0.2, -0.15) is 13.1 Å². The highest BCUT2D eigenvalue weighted by molar-refractivity contribution is 7.91. The molecule has 10 nitrogen and oxygen atoms in total. The summed E-state index contributed by atoms with van der Waals surface area (Å²) in [4.78, 5) is 4.56. The van der Waals surface area contributed by atoms with Gasteiger partial charge in [-0.15, -0.1) is 21.5 Å². The lowest BCUT2D eigenvalue weighted by Gasteiger charge is -2.12. The van der Waals surface area contributed by atoms with Crippen LogP contribution in [0.25, 0.3) is 21.3 Å². The standard InChI is InChI=1S/C24H20FN5O5S3/c25-18-9-6-16(7-10-18)17-8-11-19-20(12-17)36-24(28-19)22(37(31,32)14-15-4-2-1-3-5-15)23-30-29-21(35-23)13-27-38(26,33)34/h1-12,22,27H,13-14H2,(H2,26,33,34). The van der Waals surface area contributed by atoms with E-state index in [0.717, 1.165) is 22.5 Å². The van der Waals surface area contributed by atoms with Crippen molar-refractivity contribution < 1.29 is 25.6 Å². The third kappa shape index (κ3) is 5.95. The minimum absolute atomic E-state index is 0.159. The van der Waals surface area contributed by atoms with Crippen molar-refractivity contribution in [3.05, 3.63) is 101 Å². The van der Waals surface area contributed by atoms with Gasteiger partial charge in [-0.05, 0) is 41.0 Å². The van der Waals surface area contributed by atoms with Crippen LogP contribution in [0.15, 0.2) is 77.2 Å². The Morgan fingerprint density at radius 3 is 2.37 bits per heavy atom. The highest BCUT2D eigenvalue weighted by Crippen LogP contribution is 2.38. The Morgan fingerprint density at radius 2 is 1.66 bits per heavy atom. The zero-order valence-corrected chi connectivity index (χ0v) is 21.9. The second kappa shape index (κ2) is 10.3. The van der Waals surface area contributed by atoms with Crippen LogP contribution >= 0.6 is 11.3 Å². The molecule has 0 bridgehead atoms. The fourth-order valence-electron chi connectivity index (χ4n) is 3.79.